The molecule has 0 saturated carbocycles. The lowest BCUT2D eigenvalue weighted by atomic mass is 9.75. The highest BCUT2D eigenvalue weighted by Crippen LogP contribution is 2.32. The summed E-state index contributed by atoms with van der Waals surface area (Å²) in [5.41, 5.74) is 0.177. The van der Waals surface area contributed by atoms with E-state index in [9.17, 15) is 9.59 Å². The molecule has 0 bridgehead atoms. The van der Waals surface area contributed by atoms with E-state index in [2.05, 4.69) is 24.1 Å². The van der Waals surface area contributed by atoms with Crippen LogP contribution in [0, 0.1) is 0 Å². The maximum absolute atomic E-state index is 12.5. The first-order valence-corrected chi connectivity index (χ1v) is 7.45. The smallest absolute Gasteiger partial charge is 0.250 e. The Labute approximate surface area is 125 Å². The van der Waals surface area contributed by atoms with Gasteiger partial charge in [-0.3, -0.25) is 14.9 Å². The summed E-state index contributed by atoms with van der Waals surface area (Å²) in [7, 11) is 0. The molecule has 1 aliphatic rings. The summed E-state index contributed by atoms with van der Waals surface area (Å²) in [6.07, 6.45) is 3.89. The highest BCUT2D eigenvalue weighted by atomic mass is 16.2. The zero-order valence-electron chi connectivity index (χ0n) is 12.6. The quantitative estimate of drug-likeness (QED) is 0.812. The number of amides is 2. The second-order valence-electron chi connectivity index (χ2n) is 5.27. The van der Waals surface area contributed by atoms with Crippen molar-refractivity contribution in [1.29, 1.82) is 0 Å². The summed E-state index contributed by atoms with van der Waals surface area (Å²) < 4.78 is 0. The summed E-state index contributed by atoms with van der Waals surface area (Å²) in [6.45, 7) is 6.93. The lowest BCUT2D eigenvalue weighted by Gasteiger charge is -2.33. The molecule has 1 atom stereocenters. The maximum atomic E-state index is 12.5. The summed E-state index contributed by atoms with van der Waals surface area (Å²) in [6, 6.07) is 9.67. The van der Waals surface area contributed by atoms with Crippen LogP contribution in [0.15, 0.2) is 42.5 Å². The topological polar surface area (TPSA) is 49.4 Å². The van der Waals surface area contributed by atoms with Crippen LogP contribution in [0.25, 0.3) is 0 Å². The molecule has 1 heterocycles. The van der Waals surface area contributed by atoms with E-state index in [1.807, 2.05) is 30.3 Å². The zero-order valence-corrected chi connectivity index (χ0v) is 12.6. The Balaban J connectivity index is 2.33. The summed E-state index contributed by atoms with van der Waals surface area (Å²) in [5, 5.41) is 2.45. The van der Waals surface area contributed by atoms with Gasteiger partial charge in [0, 0.05) is 6.08 Å². The third-order valence-electron chi connectivity index (χ3n) is 4.17. The van der Waals surface area contributed by atoms with Gasteiger partial charge < -0.3 is 4.90 Å². The van der Waals surface area contributed by atoms with Crippen molar-refractivity contribution in [3.8, 4) is 0 Å². The van der Waals surface area contributed by atoms with E-state index in [0.717, 1.165) is 25.2 Å². The summed E-state index contributed by atoms with van der Waals surface area (Å²) in [5.74, 6) is -0.567. The molecule has 1 aromatic rings. The van der Waals surface area contributed by atoms with Gasteiger partial charge in [-0.25, -0.2) is 0 Å². The van der Waals surface area contributed by atoms with Crippen LogP contribution in [0.1, 0.15) is 25.8 Å². The average Bonchev–Trinajstić information content (AvgIpc) is 2.51. The first-order valence-electron chi connectivity index (χ1n) is 7.45. The standard InChI is InChI=1S/C17H22N2O2/c1-3-19(4-2)13-12-17(14-8-6-5-7-9-14)11-10-15(20)18-16(17)21/h5-11H,3-4,12-13H2,1-2H3,(H,18,20,21). The third-order valence-corrected chi connectivity index (χ3v) is 4.17. The van der Waals surface area contributed by atoms with Crippen molar-refractivity contribution in [1.82, 2.24) is 10.2 Å². The fraction of sp³-hybridized carbons (Fsp3) is 0.412. The highest BCUT2D eigenvalue weighted by molar-refractivity contribution is 6.09. The number of hydrogen-bond acceptors (Lipinski definition) is 3. The molecular weight excluding hydrogens is 264 g/mol. The third kappa shape index (κ3) is 3.22. The average molecular weight is 286 g/mol. The van der Waals surface area contributed by atoms with Gasteiger partial charge in [0.05, 0.1) is 5.41 Å². The molecule has 2 rings (SSSR count). The Kier molecular flexibility index (Phi) is 4.91. The van der Waals surface area contributed by atoms with Crippen LogP contribution in [0.5, 0.6) is 0 Å². The molecule has 4 heteroatoms. The minimum Gasteiger partial charge on any atom is -0.304 e. The molecule has 0 fully saturated rings. The molecule has 21 heavy (non-hydrogen) atoms. The van der Waals surface area contributed by atoms with Gasteiger partial charge in [-0.05, 0) is 31.6 Å². The van der Waals surface area contributed by atoms with Crippen molar-refractivity contribution in [2.75, 3.05) is 19.6 Å². The van der Waals surface area contributed by atoms with E-state index >= 15 is 0 Å². The minimum absolute atomic E-state index is 0.228. The van der Waals surface area contributed by atoms with Crippen molar-refractivity contribution < 1.29 is 9.59 Å². The molecule has 4 nitrogen and oxygen atoms in total. The second kappa shape index (κ2) is 6.68. The maximum Gasteiger partial charge on any atom is 0.250 e. The first kappa shape index (κ1) is 15.4. The number of benzene rings is 1. The normalized spacial score (nSPS) is 21.7. The number of hydrogen-bond donors (Lipinski definition) is 1. The fourth-order valence-corrected chi connectivity index (χ4v) is 2.74. The minimum atomic E-state index is -0.752. The van der Waals surface area contributed by atoms with E-state index in [1.54, 1.807) is 6.08 Å². The number of imide groups is 1. The van der Waals surface area contributed by atoms with Crippen LogP contribution in [-0.2, 0) is 15.0 Å². The summed E-state index contributed by atoms with van der Waals surface area (Å²) >= 11 is 0. The second-order valence-corrected chi connectivity index (χ2v) is 5.27. The van der Waals surface area contributed by atoms with E-state index in [4.69, 9.17) is 0 Å². The number of carbonyl (C=O) groups excluding carboxylic acids is 2. The molecule has 0 aromatic heterocycles. The predicted octanol–water partition coefficient (Wildman–Crippen LogP) is 1.87. The van der Waals surface area contributed by atoms with Crippen molar-refractivity contribution in [3.63, 3.8) is 0 Å². The molecule has 1 aliphatic heterocycles. The Morgan fingerprint density at radius 1 is 1.10 bits per heavy atom. The lowest BCUT2D eigenvalue weighted by molar-refractivity contribution is -0.132. The fourth-order valence-electron chi connectivity index (χ4n) is 2.74. The van der Waals surface area contributed by atoms with Gasteiger partial charge in [-0.2, -0.15) is 0 Å². The van der Waals surface area contributed by atoms with E-state index in [0.29, 0.717) is 6.42 Å². The Hall–Kier alpha value is -1.94. The van der Waals surface area contributed by atoms with Gasteiger partial charge in [-0.15, -0.1) is 0 Å². The van der Waals surface area contributed by atoms with Crippen LogP contribution >= 0.6 is 0 Å². The Morgan fingerprint density at radius 3 is 2.33 bits per heavy atom. The Bertz CT molecular complexity index is 535. The Morgan fingerprint density at radius 2 is 1.76 bits per heavy atom. The van der Waals surface area contributed by atoms with Crippen LogP contribution in [0.2, 0.25) is 0 Å². The molecule has 0 radical (unpaired) electrons. The van der Waals surface area contributed by atoms with E-state index in [-0.39, 0.29) is 11.8 Å². The summed E-state index contributed by atoms with van der Waals surface area (Å²) in [4.78, 5) is 26.2. The van der Waals surface area contributed by atoms with Gasteiger partial charge in [0.1, 0.15) is 0 Å². The molecular formula is C17H22N2O2. The van der Waals surface area contributed by atoms with Crippen LogP contribution in [0.3, 0.4) is 0 Å². The predicted molar refractivity (Wildman–Crippen MR) is 82.8 cm³/mol. The van der Waals surface area contributed by atoms with Crippen LogP contribution < -0.4 is 5.32 Å². The molecule has 1 aromatic carbocycles. The van der Waals surface area contributed by atoms with Crippen molar-refractivity contribution in [3.05, 3.63) is 48.0 Å². The van der Waals surface area contributed by atoms with Crippen molar-refractivity contribution in [2.45, 2.75) is 25.7 Å². The van der Waals surface area contributed by atoms with Gasteiger partial charge >= 0.3 is 0 Å². The lowest BCUT2D eigenvalue weighted by Crippen LogP contribution is -2.49. The number of carbonyl (C=O) groups is 2. The van der Waals surface area contributed by atoms with Gasteiger partial charge in [0.2, 0.25) is 11.8 Å². The molecule has 112 valence electrons. The SMILES string of the molecule is CCN(CC)CCC1(c2ccccc2)C=CC(=O)NC1=O. The van der Waals surface area contributed by atoms with E-state index < -0.39 is 5.41 Å². The highest BCUT2D eigenvalue weighted by Gasteiger charge is 2.40. The van der Waals surface area contributed by atoms with Crippen molar-refractivity contribution in [2.24, 2.45) is 0 Å². The molecule has 2 amide bonds. The van der Waals surface area contributed by atoms with Gasteiger partial charge in [0.15, 0.2) is 0 Å². The molecule has 0 saturated heterocycles. The molecule has 1 N–H and O–H groups in total. The molecule has 0 spiro atoms. The molecule has 1 unspecified atom stereocenters. The number of rotatable bonds is 6. The van der Waals surface area contributed by atoms with Gasteiger partial charge in [0.25, 0.3) is 0 Å². The van der Waals surface area contributed by atoms with Crippen LogP contribution in [-0.4, -0.2) is 36.3 Å². The zero-order chi connectivity index (χ0) is 15.3. The van der Waals surface area contributed by atoms with Gasteiger partial charge in [-0.1, -0.05) is 50.3 Å². The first-order chi connectivity index (χ1) is 10.1. The van der Waals surface area contributed by atoms with Crippen LogP contribution in [0.4, 0.5) is 0 Å². The largest absolute Gasteiger partial charge is 0.304 e. The number of nitrogens with one attached hydrogen (secondary N) is 1. The monoisotopic (exact) mass is 286 g/mol. The number of nitrogens with zero attached hydrogens (tertiary/aromatic N) is 1. The molecule has 0 aliphatic carbocycles. The van der Waals surface area contributed by atoms with E-state index in [1.165, 1.54) is 6.08 Å². The van der Waals surface area contributed by atoms with Crippen molar-refractivity contribution >= 4 is 11.8 Å².